The van der Waals surface area contributed by atoms with Crippen LogP contribution in [0.4, 0.5) is 0 Å². The first-order valence-electron chi connectivity index (χ1n) is 18.8. The van der Waals surface area contributed by atoms with E-state index in [9.17, 15) is 0 Å². The smallest absolute Gasteiger partial charge is 0.0321 e. The minimum atomic E-state index is 0.934. The van der Waals surface area contributed by atoms with E-state index in [1.165, 1.54) is 38.5 Å². The highest BCUT2D eigenvalue weighted by Gasteiger charge is 2.56. The fraction of sp³-hybridized carbons (Fsp3) is 1.00. The Bertz CT molecular complexity index is 773. The van der Waals surface area contributed by atoms with Crippen molar-refractivity contribution in [1.29, 1.82) is 0 Å². The van der Waals surface area contributed by atoms with Crippen LogP contribution in [0.5, 0.6) is 0 Å². The molecule has 0 aromatic carbocycles. The molecule has 0 amide bonds. The van der Waals surface area contributed by atoms with Crippen molar-refractivity contribution in [2.75, 3.05) is 0 Å². The zero-order valence-electron chi connectivity index (χ0n) is 29.6. The van der Waals surface area contributed by atoms with E-state index in [4.69, 9.17) is 0 Å². The molecule has 18 atom stereocenters. The lowest BCUT2D eigenvalue weighted by atomic mass is 9.57. The Morgan fingerprint density at radius 2 is 0.675 bits per heavy atom. The molecule has 0 aromatic heterocycles. The van der Waals surface area contributed by atoms with Gasteiger partial charge in [-0.1, -0.05) is 122 Å². The highest BCUT2D eigenvalue weighted by Crippen LogP contribution is 2.62. The molecule has 6 aliphatic carbocycles. The lowest BCUT2D eigenvalue weighted by Crippen LogP contribution is -2.43. The summed E-state index contributed by atoms with van der Waals surface area (Å²) >= 11 is 0. The summed E-state index contributed by atoms with van der Waals surface area (Å²) in [5.41, 5.74) is 0. The summed E-state index contributed by atoms with van der Waals surface area (Å²) in [7, 11) is 0. The van der Waals surface area contributed by atoms with Crippen molar-refractivity contribution in [2.45, 2.75) is 141 Å². The van der Waals surface area contributed by atoms with Gasteiger partial charge >= 0.3 is 0 Å². The van der Waals surface area contributed by atoms with Crippen molar-refractivity contribution >= 4 is 0 Å². The zero-order valence-corrected chi connectivity index (χ0v) is 29.6. The quantitative estimate of drug-likeness (QED) is 0.279. The van der Waals surface area contributed by atoms with Gasteiger partial charge in [-0.05, 0) is 132 Å². The van der Waals surface area contributed by atoms with Crippen LogP contribution in [-0.2, 0) is 0 Å². The van der Waals surface area contributed by atoms with Gasteiger partial charge in [-0.15, -0.1) is 0 Å². The fourth-order valence-corrected chi connectivity index (χ4v) is 12.6. The predicted molar refractivity (Wildman–Crippen MR) is 177 cm³/mol. The Hall–Kier alpha value is 0. The molecule has 6 rings (SSSR count). The zero-order chi connectivity index (χ0) is 29.6. The molecule has 0 N–H and O–H groups in total. The highest BCUT2D eigenvalue weighted by atomic mass is 14.6. The molecule has 6 saturated carbocycles. The molecule has 0 bridgehead atoms. The third-order valence-electron chi connectivity index (χ3n) is 16.5. The average Bonchev–Trinajstić information content (AvgIpc) is 3.58. The molecule has 0 heterocycles. The van der Waals surface area contributed by atoms with Gasteiger partial charge in [-0.2, -0.15) is 0 Å². The van der Waals surface area contributed by atoms with Crippen LogP contribution in [0.3, 0.4) is 0 Å². The Kier molecular flexibility index (Phi) is 11.0. The van der Waals surface area contributed by atoms with E-state index < -0.39 is 0 Å². The fourth-order valence-electron chi connectivity index (χ4n) is 12.6. The number of hydrogen-bond donors (Lipinski definition) is 0. The van der Waals surface area contributed by atoms with Gasteiger partial charge in [0.05, 0.1) is 0 Å². The van der Waals surface area contributed by atoms with E-state index in [-0.39, 0.29) is 0 Å². The van der Waals surface area contributed by atoms with Crippen LogP contribution in [0.1, 0.15) is 141 Å². The lowest BCUT2D eigenvalue weighted by molar-refractivity contribution is -0.00213. The molecule has 0 heteroatoms. The second-order valence-electron chi connectivity index (χ2n) is 17.7. The molecule has 234 valence electrons. The summed E-state index contributed by atoms with van der Waals surface area (Å²) in [4.78, 5) is 0. The summed E-state index contributed by atoms with van der Waals surface area (Å²) in [6, 6.07) is 0. The predicted octanol–water partition coefficient (Wildman–Crippen LogP) is 12.1. The minimum Gasteiger partial charge on any atom is -0.0622 e. The van der Waals surface area contributed by atoms with Gasteiger partial charge in [0.1, 0.15) is 0 Å². The third-order valence-corrected chi connectivity index (χ3v) is 16.5. The molecular formula is C40H74. The number of rotatable bonds is 0. The van der Waals surface area contributed by atoms with E-state index in [2.05, 4.69) is 90.0 Å². The first-order valence-corrected chi connectivity index (χ1v) is 18.8. The standard InChI is InChI=1S/C18H32.C14H26.C8H16/c1-10-11(2)13(4)18-16-9-7-6-8-15(16)14(5)17(18)12(10)3;1-8-6-7-13-11(4)9(2)10(3)12(5)14(8)13;1-6-4-5-7(2)8(6)3/h10-18H,6-9H2,1-5H3;8-14H,6-7H2,1-5H3;6-8H,4-5H2,1-3H3. The van der Waals surface area contributed by atoms with Crippen LogP contribution >= 0.6 is 0 Å². The number of hydrogen-bond acceptors (Lipinski definition) is 0. The van der Waals surface area contributed by atoms with Crippen molar-refractivity contribution < 1.29 is 0 Å². The Balaban J connectivity index is 0.000000149. The van der Waals surface area contributed by atoms with Crippen LogP contribution in [0.15, 0.2) is 0 Å². The van der Waals surface area contributed by atoms with Crippen molar-refractivity contribution in [2.24, 2.45) is 112 Å². The normalized spacial score (nSPS) is 57.1. The van der Waals surface area contributed by atoms with Crippen LogP contribution in [-0.4, -0.2) is 0 Å². The largest absolute Gasteiger partial charge is 0.0622 e. The molecule has 0 saturated heterocycles. The first kappa shape index (κ1) is 32.9. The molecule has 18 unspecified atom stereocenters. The number of fused-ring (bicyclic) bond motifs is 4. The third kappa shape index (κ3) is 6.01. The van der Waals surface area contributed by atoms with E-state index >= 15 is 0 Å². The first-order chi connectivity index (χ1) is 18.8. The maximum absolute atomic E-state index is 2.60. The van der Waals surface area contributed by atoms with Crippen molar-refractivity contribution in [3.8, 4) is 0 Å². The van der Waals surface area contributed by atoms with E-state index in [0.717, 1.165) is 112 Å². The van der Waals surface area contributed by atoms with Crippen LogP contribution in [0.2, 0.25) is 0 Å². The Labute approximate surface area is 253 Å². The maximum atomic E-state index is 2.60. The topological polar surface area (TPSA) is 0 Å². The molecule has 0 radical (unpaired) electrons. The molecule has 0 nitrogen and oxygen atoms in total. The Morgan fingerprint density at radius 3 is 1.18 bits per heavy atom. The van der Waals surface area contributed by atoms with Gasteiger partial charge in [-0.25, -0.2) is 0 Å². The molecular weight excluding hydrogens is 480 g/mol. The summed E-state index contributed by atoms with van der Waals surface area (Å²) in [6.45, 7) is 32.4. The summed E-state index contributed by atoms with van der Waals surface area (Å²) in [5, 5.41) is 0. The Morgan fingerprint density at radius 1 is 0.250 bits per heavy atom. The van der Waals surface area contributed by atoms with Gasteiger partial charge in [0.15, 0.2) is 0 Å². The van der Waals surface area contributed by atoms with Crippen molar-refractivity contribution in [1.82, 2.24) is 0 Å². The monoisotopic (exact) mass is 555 g/mol. The molecule has 40 heavy (non-hydrogen) atoms. The van der Waals surface area contributed by atoms with Crippen LogP contribution in [0.25, 0.3) is 0 Å². The van der Waals surface area contributed by atoms with Gasteiger partial charge < -0.3 is 0 Å². The van der Waals surface area contributed by atoms with E-state index in [0.29, 0.717) is 0 Å². The maximum Gasteiger partial charge on any atom is -0.0321 e. The SMILES string of the molecule is CC1C(C)C(C)C2C3CCCCC3C(C)C2C1C.CC1CCC(C)C1C.CC1CCC2C(C)C(C)C(C)C(C)C12. The molecule has 6 aliphatic rings. The summed E-state index contributed by atoms with van der Waals surface area (Å²) in [6.07, 6.45) is 12.0. The second kappa shape index (κ2) is 13.3. The highest BCUT2D eigenvalue weighted by molar-refractivity contribution is 5.04. The molecule has 0 spiro atoms. The minimum absolute atomic E-state index is 0.934. The van der Waals surface area contributed by atoms with Crippen LogP contribution in [0, 0.1) is 112 Å². The van der Waals surface area contributed by atoms with Gasteiger partial charge in [0.2, 0.25) is 0 Å². The van der Waals surface area contributed by atoms with Gasteiger partial charge in [0, 0.05) is 0 Å². The second-order valence-corrected chi connectivity index (χ2v) is 17.7. The summed E-state index contributed by atoms with van der Waals surface area (Å²) < 4.78 is 0. The average molecular weight is 555 g/mol. The molecule has 0 aromatic rings. The van der Waals surface area contributed by atoms with E-state index in [1.54, 1.807) is 12.8 Å². The van der Waals surface area contributed by atoms with Crippen molar-refractivity contribution in [3.05, 3.63) is 0 Å². The summed E-state index contributed by atoms with van der Waals surface area (Å²) in [5.74, 6) is 18.9. The van der Waals surface area contributed by atoms with Gasteiger partial charge in [-0.3, -0.25) is 0 Å². The lowest BCUT2D eigenvalue weighted by Gasteiger charge is -2.48. The van der Waals surface area contributed by atoms with Crippen molar-refractivity contribution in [3.63, 3.8) is 0 Å². The van der Waals surface area contributed by atoms with E-state index in [1.807, 2.05) is 0 Å². The van der Waals surface area contributed by atoms with Gasteiger partial charge in [0.25, 0.3) is 0 Å². The van der Waals surface area contributed by atoms with Crippen LogP contribution < -0.4 is 0 Å². The molecule has 6 fully saturated rings. The molecule has 0 aliphatic heterocycles.